The maximum absolute atomic E-state index is 12.3. The Labute approximate surface area is 116 Å². The number of hydrogen-bond acceptors (Lipinski definition) is 4. The van der Waals surface area contributed by atoms with Crippen LogP contribution in [0.4, 0.5) is 5.69 Å². The summed E-state index contributed by atoms with van der Waals surface area (Å²) in [7, 11) is -2.63. The summed E-state index contributed by atoms with van der Waals surface area (Å²) < 4.78 is 25.4. The average molecular weight is 313 g/mol. The Balaban J connectivity index is 3.36. The molecule has 0 atom stereocenters. The van der Waals surface area contributed by atoms with Crippen molar-refractivity contribution in [2.24, 2.45) is 0 Å². The third-order valence-corrected chi connectivity index (χ3v) is 4.80. The molecule has 0 fully saturated rings. The summed E-state index contributed by atoms with van der Waals surface area (Å²) in [5.74, 6) is 0. The molecule has 0 aromatic heterocycles. The van der Waals surface area contributed by atoms with Crippen molar-refractivity contribution in [3.63, 3.8) is 0 Å². The summed E-state index contributed by atoms with van der Waals surface area (Å²) >= 11 is 11.8. The minimum Gasteiger partial charge on any atom is -0.399 e. The average Bonchev–Trinajstić information content (AvgIpc) is 2.23. The molecule has 0 unspecified atom stereocenters. The second-order valence-electron chi connectivity index (χ2n) is 3.53. The third kappa shape index (κ3) is 3.07. The maximum Gasteiger partial charge on any atom is 0.267 e. The van der Waals surface area contributed by atoms with Gasteiger partial charge in [0, 0.05) is 12.2 Å². The topological polar surface area (TPSA) is 72.6 Å². The van der Waals surface area contributed by atoms with Gasteiger partial charge in [0.2, 0.25) is 0 Å². The predicted octanol–water partition coefficient (Wildman–Crippen LogP) is 2.54. The number of hydrogen-bond donors (Lipinski definition) is 1. The number of nitrogens with two attached hydrogens (primary N) is 1. The molecule has 1 aromatic rings. The zero-order valence-electron chi connectivity index (χ0n) is 9.98. The van der Waals surface area contributed by atoms with Crippen LogP contribution in [0.15, 0.2) is 17.0 Å². The van der Waals surface area contributed by atoms with Crippen LogP contribution in [0.2, 0.25) is 10.0 Å². The fourth-order valence-corrected chi connectivity index (χ4v) is 3.94. The van der Waals surface area contributed by atoms with Gasteiger partial charge in [-0.3, -0.25) is 4.84 Å². The Kier molecular flexibility index (Phi) is 5.24. The zero-order chi connectivity index (χ0) is 13.9. The Morgan fingerprint density at radius 3 is 2.22 bits per heavy atom. The van der Waals surface area contributed by atoms with Crippen molar-refractivity contribution < 1.29 is 13.3 Å². The number of halogens is 2. The van der Waals surface area contributed by atoms with Crippen LogP contribution in [0.25, 0.3) is 0 Å². The lowest BCUT2D eigenvalue weighted by molar-refractivity contribution is -0.0482. The first-order valence-corrected chi connectivity index (χ1v) is 7.35. The monoisotopic (exact) mass is 312 g/mol. The van der Waals surface area contributed by atoms with Crippen molar-refractivity contribution in [3.8, 4) is 0 Å². The van der Waals surface area contributed by atoms with E-state index in [1.54, 1.807) is 0 Å². The first kappa shape index (κ1) is 15.5. The summed E-state index contributed by atoms with van der Waals surface area (Å²) in [6.45, 7) is 2.03. The number of rotatable bonds is 5. The van der Waals surface area contributed by atoms with Gasteiger partial charge in [0.25, 0.3) is 10.0 Å². The van der Waals surface area contributed by atoms with Crippen molar-refractivity contribution in [3.05, 3.63) is 22.2 Å². The molecule has 0 saturated carbocycles. The van der Waals surface area contributed by atoms with E-state index in [0.29, 0.717) is 12.1 Å². The molecule has 0 heterocycles. The maximum atomic E-state index is 12.3. The molecule has 8 heteroatoms. The minimum atomic E-state index is -3.90. The smallest absolute Gasteiger partial charge is 0.267 e. The van der Waals surface area contributed by atoms with Crippen LogP contribution in [-0.4, -0.2) is 26.5 Å². The number of nitrogen functional groups attached to an aromatic ring is 1. The van der Waals surface area contributed by atoms with Gasteiger partial charge in [0.05, 0.1) is 17.2 Å². The Bertz CT molecular complexity index is 511. The highest BCUT2D eigenvalue weighted by atomic mass is 35.5. The van der Waals surface area contributed by atoms with Crippen molar-refractivity contribution in [2.45, 2.75) is 18.2 Å². The fourth-order valence-electron chi connectivity index (χ4n) is 1.42. The van der Waals surface area contributed by atoms with Crippen LogP contribution in [0, 0.1) is 0 Å². The van der Waals surface area contributed by atoms with E-state index in [9.17, 15) is 8.42 Å². The first-order valence-electron chi connectivity index (χ1n) is 5.16. The number of anilines is 1. The highest BCUT2D eigenvalue weighted by Crippen LogP contribution is 2.33. The predicted molar refractivity (Wildman–Crippen MR) is 72.1 cm³/mol. The molecule has 1 aromatic carbocycles. The van der Waals surface area contributed by atoms with Crippen LogP contribution in [-0.2, 0) is 14.9 Å². The van der Waals surface area contributed by atoms with Crippen LogP contribution in [0.3, 0.4) is 0 Å². The molecule has 0 aliphatic rings. The molecule has 2 N–H and O–H groups in total. The molecule has 18 heavy (non-hydrogen) atoms. The van der Waals surface area contributed by atoms with Crippen molar-refractivity contribution in [2.75, 3.05) is 19.4 Å². The van der Waals surface area contributed by atoms with Gasteiger partial charge in [-0.15, -0.1) is 0 Å². The van der Waals surface area contributed by atoms with Gasteiger partial charge in [0.1, 0.15) is 4.90 Å². The third-order valence-electron chi connectivity index (χ3n) is 2.16. The molecule has 0 aliphatic heterocycles. The Hall–Kier alpha value is -0.530. The molecule has 0 amide bonds. The SMILES string of the molecule is CCCN(OC)S(=O)(=O)c1c(Cl)cc(N)cc1Cl. The molecule has 0 radical (unpaired) electrons. The highest BCUT2D eigenvalue weighted by molar-refractivity contribution is 7.89. The number of benzene rings is 1. The Morgan fingerprint density at radius 2 is 1.83 bits per heavy atom. The normalized spacial score (nSPS) is 12.1. The molecule has 5 nitrogen and oxygen atoms in total. The van der Waals surface area contributed by atoms with Crippen LogP contribution < -0.4 is 5.73 Å². The van der Waals surface area contributed by atoms with E-state index < -0.39 is 10.0 Å². The summed E-state index contributed by atoms with van der Waals surface area (Å²) in [5.41, 5.74) is 5.83. The van der Waals surface area contributed by atoms with Gasteiger partial charge < -0.3 is 5.73 Å². The Morgan fingerprint density at radius 1 is 1.33 bits per heavy atom. The second-order valence-corrected chi connectivity index (χ2v) is 6.11. The molecular formula is C10H14Cl2N2O3S. The van der Waals surface area contributed by atoms with Crippen LogP contribution in [0.5, 0.6) is 0 Å². The fraction of sp³-hybridized carbons (Fsp3) is 0.400. The van der Waals surface area contributed by atoms with E-state index >= 15 is 0 Å². The quantitative estimate of drug-likeness (QED) is 0.670. The molecular weight excluding hydrogens is 299 g/mol. The molecule has 102 valence electrons. The lowest BCUT2D eigenvalue weighted by Crippen LogP contribution is -2.31. The first-order chi connectivity index (χ1) is 8.34. The van der Waals surface area contributed by atoms with E-state index in [2.05, 4.69) is 0 Å². The standard InChI is InChI=1S/C10H14Cl2N2O3S/c1-3-4-14(17-2)18(15,16)10-8(11)5-7(13)6-9(10)12/h5-6H,3-4,13H2,1-2H3. The van der Waals surface area contributed by atoms with Crippen molar-refractivity contribution >= 4 is 38.9 Å². The van der Waals surface area contributed by atoms with E-state index in [1.165, 1.54) is 19.2 Å². The van der Waals surface area contributed by atoms with Gasteiger partial charge in [-0.05, 0) is 18.6 Å². The number of hydroxylamine groups is 1. The van der Waals surface area contributed by atoms with E-state index in [-0.39, 0.29) is 21.5 Å². The van der Waals surface area contributed by atoms with Gasteiger partial charge >= 0.3 is 0 Å². The highest BCUT2D eigenvalue weighted by Gasteiger charge is 2.29. The van der Waals surface area contributed by atoms with Crippen LogP contribution in [0.1, 0.15) is 13.3 Å². The summed E-state index contributed by atoms with van der Waals surface area (Å²) in [5, 5.41) is -0.0590. The molecule has 0 saturated heterocycles. The van der Waals surface area contributed by atoms with Crippen molar-refractivity contribution in [1.82, 2.24) is 4.47 Å². The van der Waals surface area contributed by atoms with E-state index in [1.807, 2.05) is 6.92 Å². The molecule has 0 aliphatic carbocycles. The summed E-state index contributed by atoms with van der Waals surface area (Å²) in [6.07, 6.45) is 0.595. The van der Waals surface area contributed by atoms with Gasteiger partial charge in [-0.25, -0.2) is 8.42 Å². The minimum absolute atomic E-state index is 0.0295. The molecule has 1 rings (SSSR count). The van der Waals surface area contributed by atoms with E-state index in [0.717, 1.165) is 4.47 Å². The van der Waals surface area contributed by atoms with Crippen LogP contribution >= 0.6 is 23.2 Å². The largest absolute Gasteiger partial charge is 0.399 e. The number of sulfonamides is 1. The van der Waals surface area contributed by atoms with Crippen molar-refractivity contribution in [1.29, 1.82) is 0 Å². The molecule has 0 spiro atoms. The second kappa shape index (κ2) is 6.08. The summed E-state index contributed by atoms with van der Waals surface area (Å²) in [4.78, 5) is 4.65. The zero-order valence-corrected chi connectivity index (χ0v) is 12.3. The molecule has 0 bridgehead atoms. The lowest BCUT2D eigenvalue weighted by atomic mass is 10.3. The van der Waals surface area contributed by atoms with Gasteiger partial charge in [-0.1, -0.05) is 34.6 Å². The van der Waals surface area contributed by atoms with Gasteiger partial charge in [0.15, 0.2) is 0 Å². The summed E-state index contributed by atoms with van der Waals surface area (Å²) in [6, 6.07) is 2.67. The lowest BCUT2D eigenvalue weighted by Gasteiger charge is -2.20. The van der Waals surface area contributed by atoms with Gasteiger partial charge in [-0.2, -0.15) is 0 Å². The van der Waals surface area contributed by atoms with E-state index in [4.69, 9.17) is 33.8 Å². The number of nitrogens with zero attached hydrogens (tertiary/aromatic N) is 1.